The maximum atomic E-state index is 14.1. The highest BCUT2D eigenvalue weighted by molar-refractivity contribution is 5.66. The number of benzene rings is 1. The third-order valence-electron chi connectivity index (χ3n) is 4.19. The molecule has 0 bridgehead atoms. The predicted octanol–water partition coefficient (Wildman–Crippen LogP) is 2.98. The second kappa shape index (κ2) is 6.06. The molecule has 2 N–H and O–H groups in total. The summed E-state index contributed by atoms with van der Waals surface area (Å²) in [4.78, 5) is 23.6. The third-order valence-corrected chi connectivity index (χ3v) is 4.19. The van der Waals surface area contributed by atoms with E-state index in [0.717, 1.165) is 4.90 Å². The average Bonchev–Trinajstić information content (AvgIpc) is 2.97. The lowest BCUT2D eigenvalue weighted by Gasteiger charge is -2.37. The lowest BCUT2D eigenvalue weighted by molar-refractivity contribution is 0.0953. The van der Waals surface area contributed by atoms with Crippen molar-refractivity contribution in [2.45, 2.75) is 24.8 Å². The number of nitrogens with zero attached hydrogens (tertiary/aromatic N) is 1. The SMILES string of the molecule is O=C(O)N1CC[C@H](c2cc(=O)[nH]o2)C[C@@H]1c1cc(F)c(F)cc1F. The van der Waals surface area contributed by atoms with Crippen LogP contribution >= 0.6 is 0 Å². The largest absolute Gasteiger partial charge is 0.465 e. The van der Waals surface area contributed by atoms with Crippen LogP contribution in [-0.4, -0.2) is 27.8 Å². The Labute approximate surface area is 133 Å². The number of amides is 1. The van der Waals surface area contributed by atoms with Gasteiger partial charge in [0.25, 0.3) is 5.56 Å². The van der Waals surface area contributed by atoms with Gasteiger partial charge in [0.2, 0.25) is 0 Å². The summed E-state index contributed by atoms with van der Waals surface area (Å²) in [6, 6.07) is 1.28. The topological polar surface area (TPSA) is 86.5 Å². The predicted molar refractivity (Wildman–Crippen MR) is 75.1 cm³/mol. The number of carboxylic acid groups (broad SMARTS) is 1. The van der Waals surface area contributed by atoms with Crippen molar-refractivity contribution in [3.05, 3.63) is 57.3 Å². The number of hydrogen-bond donors (Lipinski definition) is 2. The number of nitrogens with one attached hydrogen (secondary N) is 1. The van der Waals surface area contributed by atoms with E-state index in [0.29, 0.717) is 24.3 Å². The summed E-state index contributed by atoms with van der Waals surface area (Å²) in [6.07, 6.45) is -0.859. The van der Waals surface area contributed by atoms with Crippen molar-refractivity contribution in [2.75, 3.05) is 6.54 Å². The maximum absolute atomic E-state index is 14.1. The standard InChI is InChI=1S/C15H13F3N2O4/c16-9-5-11(18)10(17)4-8(9)12-3-7(1-2-20(12)15(22)23)13-6-14(21)19-24-13/h4-7,12H,1-3H2,(H,19,21)(H,22,23)/t7-,12+/m0/s1. The number of H-pyrrole nitrogens is 1. The second-order valence-corrected chi connectivity index (χ2v) is 5.62. The van der Waals surface area contributed by atoms with Crippen molar-refractivity contribution in [1.29, 1.82) is 0 Å². The number of aromatic amines is 1. The van der Waals surface area contributed by atoms with Crippen molar-refractivity contribution in [3.63, 3.8) is 0 Å². The molecule has 3 rings (SSSR count). The Bertz CT molecular complexity index is 832. The molecule has 0 aliphatic carbocycles. The molecule has 2 heterocycles. The van der Waals surface area contributed by atoms with Gasteiger partial charge in [-0.1, -0.05) is 0 Å². The van der Waals surface area contributed by atoms with Gasteiger partial charge in [0.05, 0.1) is 6.04 Å². The molecule has 2 aromatic rings. The second-order valence-electron chi connectivity index (χ2n) is 5.62. The minimum absolute atomic E-state index is 0.0397. The zero-order valence-electron chi connectivity index (χ0n) is 12.3. The van der Waals surface area contributed by atoms with Gasteiger partial charge in [0.1, 0.15) is 11.6 Å². The quantitative estimate of drug-likeness (QED) is 0.822. The van der Waals surface area contributed by atoms with Gasteiger partial charge >= 0.3 is 6.09 Å². The first-order valence-corrected chi connectivity index (χ1v) is 7.19. The summed E-state index contributed by atoms with van der Waals surface area (Å²) in [5, 5.41) is 11.4. The number of aromatic nitrogens is 1. The Morgan fingerprint density at radius 2 is 1.92 bits per heavy atom. The molecule has 1 fully saturated rings. The highest BCUT2D eigenvalue weighted by Crippen LogP contribution is 2.40. The van der Waals surface area contributed by atoms with Crippen LogP contribution in [0.15, 0.2) is 27.5 Å². The maximum Gasteiger partial charge on any atom is 0.407 e. The van der Waals surface area contributed by atoms with E-state index in [-0.39, 0.29) is 24.4 Å². The summed E-state index contributed by atoms with van der Waals surface area (Å²) < 4.78 is 45.7. The summed E-state index contributed by atoms with van der Waals surface area (Å²) in [6.45, 7) is 0.0397. The lowest BCUT2D eigenvalue weighted by atomic mass is 9.85. The van der Waals surface area contributed by atoms with Crippen LogP contribution in [0.1, 0.15) is 36.1 Å². The molecule has 24 heavy (non-hydrogen) atoms. The Kier molecular flexibility index (Phi) is 4.08. The highest BCUT2D eigenvalue weighted by Gasteiger charge is 2.36. The van der Waals surface area contributed by atoms with Gasteiger partial charge in [-0.15, -0.1) is 0 Å². The van der Waals surface area contributed by atoms with Gasteiger partial charge in [-0.05, 0) is 18.9 Å². The molecule has 1 aromatic heterocycles. The molecule has 0 spiro atoms. The normalized spacial score (nSPS) is 21.0. The van der Waals surface area contributed by atoms with Gasteiger partial charge < -0.3 is 14.5 Å². The molecule has 2 atom stereocenters. The molecule has 6 nitrogen and oxygen atoms in total. The van der Waals surface area contributed by atoms with E-state index < -0.39 is 35.1 Å². The minimum atomic E-state index is -1.35. The Hall–Kier alpha value is -2.71. The molecular formula is C15H13F3N2O4. The van der Waals surface area contributed by atoms with Crippen molar-refractivity contribution in [1.82, 2.24) is 10.1 Å². The molecular weight excluding hydrogens is 329 g/mol. The number of halogens is 3. The monoisotopic (exact) mass is 342 g/mol. The van der Waals surface area contributed by atoms with E-state index in [1.807, 2.05) is 0 Å². The molecule has 1 aliphatic heterocycles. The first kappa shape index (κ1) is 16.2. The molecule has 1 saturated heterocycles. The molecule has 0 radical (unpaired) electrons. The zero-order chi connectivity index (χ0) is 17.4. The van der Waals surface area contributed by atoms with E-state index in [1.165, 1.54) is 6.07 Å². The van der Waals surface area contributed by atoms with Crippen LogP contribution in [0, 0.1) is 17.5 Å². The van der Waals surface area contributed by atoms with Gasteiger partial charge in [-0.3, -0.25) is 4.79 Å². The van der Waals surface area contributed by atoms with Gasteiger partial charge in [0.15, 0.2) is 11.6 Å². The molecule has 128 valence electrons. The molecule has 0 unspecified atom stereocenters. The van der Waals surface area contributed by atoms with Crippen LogP contribution in [0.2, 0.25) is 0 Å². The van der Waals surface area contributed by atoms with Crippen LogP contribution in [-0.2, 0) is 0 Å². The van der Waals surface area contributed by atoms with Crippen molar-refractivity contribution in [3.8, 4) is 0 Å². The van der Waals surface area contributed by atoms with Gasteiger partial charge in [-0.2, -0.15) is 5.16 Å². The van der Waals surface area contributed by atoms with Crippen LogP contribution in [0.4, 0.5) is 18.0 Å². The van der Waals surface area contributed by atoms with Crippen molar-refractivity contribution >= 4 is 6.09 Å². The fourth-order valence-corrected chi connectivity index (χ4v) is 3.04. The zero-order valence-corrected chi connectivity index (χ0v) is 12.3. The number of rotatable bonds is 2. The Balaban J connectivity index is 1.98. The molecule has 1 aromatic carbocycles. The third kappa shape index (κ3) is 2.89. The van der Waals surface area contributed by atoms with E-state index in [4.69, 9.17) is 4.52 Å². The van der Waals surface area contributed by atoms with Crippen LogP contribution < -0.4 is 5.56 Å². The van der Waals surface area contributed by atoms with E-state index in [1.54, 1.807) is 0 Å². The molecule has 9 heteroatoms. The molecule has 1 amide bonds. The summed E-state index contributed by atoms with van der Waals surface area (Å²) >= 11 is 0. The first-order valence-electron chi connectivity index (χ1n) is 7.19. The van der Waals surface area contributed by atoms with E-state index >= 15 is 0 Å². The lowest BCUT2D eigenvalue weighted by Crippen LogP contribution is -2.40. The smallest absolute Gasteiger partial charge is 0.407 e. The summed E-state index contributed by atoms with van der Waals surface area (Å²) in [5.74, 6) is -3.66. The minimum Gasteiger partial charge on any atom is -0.465 e. The fourth-order valence-electron chi connectivity index (χ4n) is 3.04. The van der Waals surface area contributed by atoms with E-state index in [9.17, 15) is 27.9 Å². The Morgan fingerprint density at radius 1 is 1.21 bits per heavy atom. The number of carbonyl (C=O) groups is 1. The van der Waals surface area contributed by atoms with Crippen molar-refractivity contribution < 1.29 is 27.6 Å². The van der Waals surface area contributed by atoms with Crippen LogP contribution in [0.5, 0.6) is 0 Å². The van der Waals surface area contributed by atoms with Gasteiger partial charge in [-0.25, -0.2) is 18.0 Å². The van der Waals surface area contributed by atoms with Crippen LogP contribution in [0.3, 0.4) is 0 Å². The number of likely N-dealkylation sites (tertiary alicyclic amines) is 1. The van der Waals surface area contributed by atoms with Crippen LogP contribution in [0.25, 0.3) is 0 Å². The Morgan fingerprint density at radius 3 is 2.54 bits per heavy atom. The average molecular weight is 342 g/mol. The fraction of sp³-hybridized carbons (Fsp3) is 0.333. The molecule has 0 saturated carbocycles. The number of hydrogen-bond acceptors (Lipinski definition) is 3. The highest BCUT2D eigenvalue weighted by atomic mass is 19.2. The summed E-state index contributed by atoms with van der Waals surface area (Å²) in [5.41, 5.74) is -0.694. The summed E-state index contributed by atoms with van der Waals surface area (Å²) in [7, 11) is 0. The van der Waals surface area contributed by atoms with Gasteiger partial charge in [0, 0.05) is 30.2 Å². The van der Waals surface area contributed by atoms with Crippen molar-refractivity contribution in [2.24, 2.45) is 0 Å². The number of piperidine rings is 1. The van der Waals surface area contributed by atoms with E-state index in [2.05, 4.69) is 5.16 Å². The molecule has 1 aliphatic rings. The first-order chi connectivity index (χ1) is 11.4.